The van der Waals surface area contributed by atoms with E-state index in [9.17, 15) is 0 Å². The Morgan fingerprint density at radius 3 is 1.85 bits per heavy atom. The highest BCUT2D eigenvalue weighted by molar-refractivity contribution is 6.41. The third kappa shape index (κ3) is 6.76. The second-order valence-electron chi connectivity index (χ2n) is 3.68. The molecule has 0 spiro atoms. The smallest absolute Gasteiger partial charge is 0.158 e. The summed E-state index contributed by atoms with van der Waals surface area (Å²) >= 11 is 0. The zero-order valence-corrected chi connectivity index (χ0v) is 10.5. The molecule has 13 heavy (non-hydrogen) atoms. The second kappa shape index (κ2) is 6.14. The predicted octanol–water partition coefficient (Wildman–Crippen LogP) is -2.62. The summed E-state index contributed by atoms with van der Waals surface area (Å²) in [7, 11) is 5.86. The fourth-order valence-electron chi connectivity index (χ4n) is 0.725. The van der Waals surface area contributed by atoms with Gasteiger partial charge in [0.25, 0.3) is 0 Å². The number of rotatable bonds is 3. The Morgan fingerprint density at radius 1 is 1.15 bits per heavy atom. The molecule has 0 aliphatic rings. The van der Waals surface area contributed by atoms with Crippen molar-refractivity contribution in [2.75, 3.05) is 27.7 Å². The molecular weight excluding hydrogens is 285 g/mol. The van der Waals surface area contributed by atoms with Gasteiger partial charge in [0.15, 0.2) is 5.71 Å². The lowest BCUT2D eigenvalue weighted by atomic mass is 10.2. The van der Waals surface area contributed by atoms with Crippen LogP contribution >= 0.6 is 0 Å². The predicted molar refractivity (Wildman–Crippen MR) is 47.0 cm³/mol. The third-order valence-electron chi connectivity index (χ3n) is 1.31. The summed E-state index contributed by atoms with van der Waals surface area (Å²) in [5.74, 6) is 0. The number of oxime groups is 2. The Morgan fingerprint density at radius 2 is 1.62 bits per heavy atom. The van der Waals surface area contributed by atoms with E-state index in [0.717, 1.165) is 0 Å². The molecule has 0 bridgehead atoms. The van der Waals surface area contributed by atoms with Crippen LogP contribution in [0.15, 0.2) is 10.3 Å². The van der Waals surface area contributed by atoms with Gasteiger partial charge in [0.1, 0.15) is 12.3 Å². The lowest BCUT2D eigenvalue weighted by Gasteiger charge is -2.23. The Labute approximate surface area is 95.3 Å². The Hall–Kier alpha value is -0.370. The number of nitrogens with zero attached hydrogens (tertiary/aromatic N) is 3. The third-order valence-corrected chi connectivity index (χ3v) is 1.31. The minimum Gasteiger partial charge on any atom is -1.00 e. The van der Waals surface area contributed by atoms with E-state index in [1.807, 2.05) is 21.1 Å². The van der Waals surface area contributed by atoms with Crippen molar-refractivity contribution in [2.24, 2.45) is 10.3 Å². The zero-order chi connectivity index (χ0) is 9.78. The van der Waals surface area contributed by atoms with Crippen molar-refractivity contribution in [1.82, 2.24) is 0 Å². The summed E-state index contributed by atoms with van der Waals surface area (Å²) in [6.07, 6.45) is 0. The molecule has 0 aliphatic carbocycles. The summed E-state index contributed by atoms with van der Waals surface area (Å²) in [5, 5.41) is 23.0. The van der Waals surface area contributed by atoms with Gasteiger partial charge in [0.2, 0.25) is 0 Å². The molecule has 0 amide bonds. The van der Waals surface area contributed by atoms with Gasteiger partial charge in [0, 0.05) is 0 Å². The molecule has 0 rings (SSSR count). The van der Waals surface area contributed by atoms with E-state index in [-0.39, 0.29) is 24.0 Å². The van der Waals surface area contributed by atoms with Crippen LogP contribution in [0.25, 0.3) is 0 Å². The van der Waals surface area contributed by atoms with Crippen molar-refractivity contribution in [2.45, 2.75) is 6.92 Å². The van der Waals surface area contributed by atoms with Gasteiger partial charge in [-0.2, -0.15) is 0 Å². The zero-order valence-electron chi connectivity index (χ0n) is 8.32. The first-order chi connectivity index (χ1) is 5.40. The Kier molecular flexibility index (Phi) is 7.14. The molecule has 0 unspecified atom stereocenters. The van der Waals surface area contributed by atoms with Gasteiger partial charge in [-0.25, -0.2) is 0 Å². The summed E-state index contributed by atoms with van der Waals surface area (Å²) in [4.78, 5) is 0. The first-order valence-electron chi connectivity index (χ1n) is 3.61. The molecule has 0 aromatic rings. The van der Waals surface area contributed by atoms with Crippen LogP contribution in [0.2, 0.25) is 0 Å². The van der Waals surface area contributed by atoms with Gasteiger partial charge < -0.3 is 38.9 Å². The van der Waals surface area contributed by atoms with Crippen LogP contribution in [0.3, 0.4) is 0 Å². The Bertz CT molecular complexity index is 208. The highest BCUT2D eigenvalue weighted by Gasteiger charge is 2.15. The van der Waals surface area contributed by atoms with Crippen molar-refractivity contribution in [3.05, 3.63) is 0 Å². The highest BCUT2D eigenvalue weighted by Crippen LogP contribution is 1.94. The summed E-state index contributed by atoms with van der Waals surface area (Å²) in [5.41, 5.74) is 0.732. The van der Waals surface area contributed by atoms with E-state index in [0.29, 0.717) is 22.5 Å². The minimum atomic E-state index is 0. The molecule has 0 saturated heterocycles. The molecule has 0 fully saturated rings. The van der Waals surface area contributed by atoms with Crippen LogP contribution in [-0.4, -0.2) is 54.0 Å². The molecule has 6 heteroatoms. The van der Waals surface area contributed by atoms with Crippen LogP contribution in [0.4, 0.5) is 0 Å². The van der Waals surface area contributed by atoms with Crippen LogP contribution in [0, 0.1) is 0 Å². The van der Waals surface area contributed by atoms with Crippen LogP contribution in [0.1, 0.15) is 6.92 Å². The maximum Gasteiger partial charge on any atom is 0.158 e. The van der Waals surface area contributed by atoms with Crippen molar-refractivity contribution in [1.29, 1.82) is 0 Å². The van der Waals surface area contributed by atoms with Crippen molar-refractivity contribution in [3.63, 3.8) is 0 Å². The fourth-order valence-corrected chi connectivity index (χ4v) is 0.725. The number of halogens is 1. The highest BCUT2D eigenvalue weighted by atomic mass is 127. The molecule has 0 atom stereocenters. The van der Waals surface area contributed by atoms with E-state index in [4.69, 9.17) is 10.4 Å². The minimum absolute atomic E-state index is 0. The van der Waals surface area contributed by atoms with Crippen LogP contribution in [0.5, 0.6) is 0 Å². The molecule has 0 heterocycles. The monoisotopic (exact) mass is 301 g/mol. The van der Waals surface area contributed by atoms with E-state index in [1.54, 1.807) is 6.92 Å². The van der Waals surface area contributed by atoms with Gasteiger partial charge in [-0.15, -0.1) is 0 Å². The fraction of sp³-hybridized carbons (Fsp3) is 0.714. The molecule has 0 aromatic heterocycles. The average molecular weight is 301 g/mol. The van der Waals surface area contributed by atoms with Crippen LogP contribution in [-0.2, 0) is 0 Å². The van der Waals surface area contributed by atoms with E-state index >= 15 is 0 Å². The SMILES string of the molecule is CC(=N/O)/C(C[N+](C)(C)C)=N\O.[I-]. The summed E-state index contributed by atoms with van der Waals surface area (Å²) < 4.78 is 0.617. The second-order valence-corrected chi connectivity index (χ2v) is 3.68. The van der Waals surface area contributed by atoms with Gasteiger partial charge >= 0.3 is 0 Å². The van der Waals surface area contributed by atoms with E-state index in [2.05, 4.69) is 10.3 Å². The molecule has 0 aliphatic heterocycles. The summed E-state index contributed by atoms with van der Waals surface area (Å²) in [6, 6.07) is 0. The quantitative estimate of drug-likeness (QED) is 0.197. The maximum atomic E-state index is 8.58. The first-order valence-corrected chi connectivity index (χ1v) is 3.61. The lowest BCUT2D eigenvalue weighted by Crippen LogP contribution is -3.00. The van der Waals surface area contributed by atoms with Gasteiger partial charge in [-0.3, -0.25) is 0 Å². The lowest BCUT2D eigenvalue weighted by molar-refractivity contribution is -0.860. The van der Waals surface area contributed by atoms with Gasteiger partial charge in [0.05, 0.1) is 21.1 Å². The average Bonchev–Trinajstić information content (AvgIpc) is 1.97. The number of quaternary nitrogens is 1. The van der Waals surface area contributed by atoms with Crippen molar-refractivity contribution < 1.29 is 38.9 Å². The Balaban J connectivity index is 0. The van der Waals surface area contributed by atoms with Crippen molar-refractivity contribution >= 4 is 11.4 Å². The van der Waals surface area contributed by atoms with Crippen molar-refractivity contribution in [3.8, 4) is 0 Å². The number of hydrogen-bond donors (Lipinski definition) is 2. The maximum absolute atomic E-state index is 8.58. The summed E-state index contributed by atoms with van der Waals surface area (Å²) in [6.45, 7) is 2.11. The number of hydrogen-bond acceptors (Lipinski definition) is 4. The van der Waals surface area contributed by atoms with E-state index in [1.165, 1.54) is 0 Å². The standard InChI is InChI=1S/C7H15N3O2.HI/c1-6(8-11)7(9-12)5-10(2,3)4;/h5H2,1-4H3,(H-,11,12);1H/b8-6-,9-7-;. The largest absolute Gasteiger partial charge is 1.00 e. The molecule has 0 saturated carbocycles. The van der Waals surface area contributed by atoms with Gasteiger partial charge in [-0.1, -0.05) is 10.3 Å². The molecular formula is C7H16IN3O2. The normalized spacial score (nSPS) is 13.8. The van der Waals surface area contributed by atoms with E-state index < -0.39 is 0 Å². The van der Waals surface area contributed by atoms with Crippen LogP contribution < -0.4 is 24.0 Å². The molecule has 0 radical (unpaired) electrons. The molecule has 78 valence electrons. The van der Waals surface area contributed by atoms with Gasteiger partial charge in [-0.05, 0) is 6.92 Å². The topological polar surface area (TPSA) is 65.2 Å². The molecule has 2 N–H and O–H groups in total. The first kappa shape index (κ1) is 15.1. The molecule has 0 aromatic carbocycles. The molecule has 5 nitrogen and oxygen atoms in total.